The van der Waals surface area contributed by atoms with Gasteiger partial charge in [-0.05, 0) is 31.0 Å². The Bertz CT molecular complexity index is 1020. The van der Waals surface area contributed by atoms with Gasteiger partial charge in [0.2, 0.25) is 0 Å². The third-order valence-electron chi connectivity index (χ3n) is 4.25. The van der Waals surface area contributed by atoms with Crippen molar-refractivity contribution >= 4 is 16.9 Å². The molecule has 0 saturated carbocycles. The minimum Gasteiger partial charge on any atom is -0.365 e. The van der Waals surface area contributed by atoms with Gasteiger partial charge in [0, 0.05) is 6.54 Å². The van der Waals surface area contributed by atoms with Crippen LogP contribution in [-0.2, 0) is 6.54 Å². The molecule has 1 N–H and O–H groups in total. The summed E-state index contributed by atoms with van der Waals surface area (Å²) in [6.45, 7) is 4.89. The zero-order chi connectivity index (χ0) is 17.2. The van der Waals surface area contributed by atoms with E-state index in [0.29, 0.717) is 6.54 Å². The molecule has 0 atom stereocenters. The van der Waals surface area contributed by atoms with Gasteiger partial charge in [0.15, 0.2) is 5.65 Å². The Hall–Kier alpha value is -3.21. The van der Waals surface area contributed by atoms with Gasteiger partial charge < -0.3 is 5.32 Å². The Kier molecular flexibility index (Phi) is 3.90. The molecular formula is C20H19N5. The van der Waals surface area contributed by atoms with Crippen molar-refractivity contribution < 1.29 is 0 Å². The molecule has 0 aliphatic carbocycles. The average Bonchev–Trinajstić information content (AvgIpc) is 3.05. The number of nitrogens with zero attached hydrogens (tertiary/aromatic N) is 4. The van der Waals surface area contributed by atoms with Crippen LogP contribution in [0, 0.1) is 13.8 Å². The van der Waals surface area contributed by atoms with Crippen molar-refractivity contribution in [3.8, 4) is 5.69 Å². The second-order valence-electron chi connectivity index (χ2n) is 6.15. The minimum atomic E-state index is 0.710. The number of benzene rings is 2. The lowest BCUT2D eigenvalue weighted by atomic mass is 10.1. The van der Waals surface area contributed by atoms with Gasteiger partial charge in [-0.3, -0.25) is 0 Å². The molecule has 2 heterocycles. The molecule has 0 radical (unpaired) electrons. The van der Waals surface area contributed by atoms with E-state index >= 15 is 0 Å². The highest BCUT2D eigenvalue weighted by molar-refractivity contribution is 5.87. The maximum Gasteiger partial charge on any atom is 0.168 e. The summed E-state index contributed by atoms with van der Waals surface area (Å²) < 4.78 is 1.87. The quantitative estimate of drug-likeness (QED) is 0.614. The summed E-state index contributed by atoms with van der Waals surface area (Å²) in [5, 5.41) is 8.85. The molecule has 25 heavy (non-hydrogen) atoms. The zero-order valence-corrected chi connectivity index (χ0v) is 14.3. The molecule has 5 nitrogen and oxygen atoms in total. The Morgan fingerprint density at radius 3 is 2.64 bits per heavy atom. The molecule has 0 aliphatic rings. The van der Waals surface area contributed by atoms with E-state index in [1.54, 1.807) is 6.33 Å². The van der Waals surface area contributed by atoms with Crippen LogP contribution in [0.2, 0.25) is 0 Å². The first kappa shape index (κ1) is 15.3. The van der Waals surface area contributed by atoms with Crippen LogP contribution in [0.15, 0.2) is 61.1 Å². The summed E-state index contributed by atoms with van der Waals surface area (Å²) in [6.07, 6.45) is 3.40. The van der Waals surface area contributed by atoms with Crippen LogP contribution in [0.3, 0.4) is 0 Å². The predicted molar refractivity (Wildman–Crippen MR) is 99.9 cm³/mol. The molecule has 0 saturated heterocycles. The smallest absolute Gasteiger partial charge is 0.168 e. The predicted octanol–water partition coefficient (Wildman–Crippen LogP) is 4.04. The van der Waals surface area contributed by atoms with E-state index in [4.69, 9.17) is 0 Å². The SMILES string of the molecule is Cc1ccc(-n2ncc3c(NCc4ccccc4)ncnc32)c(C)c1. The van der Waals surface area contributed by atoms with Crippen LogP contribution in [0.1, 0.15) is 16.7 Å². The Morgan fingerprint density at radius 2 is 1.84 bits per heavy atom. The number of aryl methyl sites for hydroxylation is 2. The fourth-order valence-corrected chi connectivity index (χ4v) is 2.99. The Morgan fingerprint density at radius 1 is 1.00 bits per heavy atom. The molecular weight excluding hydrogens is 310 g/mol. The number of hydrogen-bond donors (Lipinski definition) is 1. The van der Waals surface area contributed by atoms with Gasteiger partial charge in [0.1, 0.15) is 12.1 Å². The van der Waals surface area contributed by atoms with Gasteiger partial charge >= 0.3 is 0 Å². The molecule has 124 valence electrons. The topological polar surface area (TPSA) is 55.6 Å². The van der Waals surface area contributed by atoms with Crippen LogP contribution in [-0.4, -0.2) is 19.7 Å². The first-order chi connectivity index (χ1) is 12.2. The molecule has 0 spiro atoms. The monoisotopic (exact) mass is 329 g/mol. The summed E-state index contributed by atoms with van der Waals surface area (Å²) in [7, 11) is 0. The summed E-state index contributed by atoms with van der Waals surface area (Å²) >= 11 is 0. The third kappa shape index (κ3) is 2.96. The molecule has 0 bridgehead atoms. The second-order valence-corrected chi connectivity index (χ2v) is 6.15. The van der Waals surface area contributed by atoms with Gasteiger partial charge in [-0.25, -0.2) is 14.6 Å². The number of nitrogens with one attached hydrogen (secondary N) is 1. The second kappa shape index (κ2) is 6.36. The van der Waals surface area contributed by atoms with E-state index in [2.05, 4.69) is 64.6 Å². The van der Waals surface area contributed by atoms with E-state index in [9.17, 15) is 0 Å². The summed E-state index contributed by atoms with van der Waals surface area (Å²) in [5.41, 5.74) is 5.45. The van der Waals surface area contributed by atoms with E-state index in [-0.39, 0.29) is 0 Å². The lowest BCUT2D eigenvalue weighted by Crippen LogP contribution is -2.04. The van der Waals surface area contributed by atoms with Gasteiger partial charge in [-0.2, -0.15) is 5.10 Å². The number of aromatic nitrogens is 4. The van der Waals surface area contributed by atoms with Crippen molar-refractivity contribution in [1.82, 2.24) is 19.7 Å². The van der Waals surface area contributed by atoms with Crippen molar-refractivity contribution in [2.75, 3.05) is 5.32 Å². The van der Waals surface area contributed by atoms with Crippen molar-refractivity contribution in [2.45, 2.75) is 20.4 Å². The summed E-state index contributed by atoms with van der Waals surface area (Å²) in [5.74, 6) is 0.796. The molecule has 0 unspecified atom stereocenters. The first-order valence-electron chi connectivity index (χ1n) is 8.26. The van der Waals surface area contributed by atoms with Crippen LogP contribution in [0.5, 0.6) is 0 Å². The first-order valence-corrected chi connectivity index (χ1v) is 8.26. The lowest BCUT2D eigenvalue weighted by Gasteiger charge is -2.09. The van der Waals surface area contributed by atoms with Gasteiger partial charge in [-0.15, -0.1) is 0 Å². The van der Waals surface area contributed by atoms with Crippen LogP contribution in [0.25, 0.3) is 16.7 Å². The molecule has 4 rings (SSSR count). The van der Waals surface area contributed by atoms with Crippen LogP contribution in [0.4, 0.5) is 5.82 Å². The number of anilines is 1. The fourth-order valence-electron chi connectivity index (χ4n) is 2.99. The van der Waals surface area contributed by atoms with Crippen LogP contribution >= 0.6 is 0 Å². The molecule has 0 fully saturated rings. The molecule has 0 aliphatic heterocycles. The number of hydrogen-bond acceptors (Lipinski definition) is 4. The summed E-state index contributed by atoms with van der Waals surface area (Å²) in [6, 6.07) is 16.6. The molecule has 4 aromatic rings. The molecule has 5 heteroatoms. The van der Waals surface area contributed by atoms with E-state index in [0.717, 1.165) is 22.5 Å². The maximum absolute atomic E-state index is 4.55. The van der Waals surface area contributed by atoms with E-state index in [1.807, 2.05) is 29.1 Å². The highest BCUT2D eigenvalue weighted by Crippen LogP contribution is 2.24. The fraction of sp³-hybridized carbons (Fsp3) is 0.150. The highest BCUT2D eigenvalue weighted by atomic mass is 15.3. The average molecular weight is 329 g/mol. The van der Waals surface area contributed by atoms with Gasteiger partial charge in [0.25, 0.3) is 0 Å². The number of rotatable bonds is 4. The molecule has 2 aromatic carbocycles. The lowest BCUT2D eigenvalue weighted by molar-refractivity contribution is 0.886. The van der Waals surface area contributed by atoms with E-state index < -0.39 is 0 Å². The largest absolute Gasteiger partial charge is 0.365 e. The van der Waals surface area contributed by atoms with Crippen LogP contribution < -0.4 is 5.32 Å². The van der Waals surface area contributed by atoms with Crippen molar-refractivity contribution in [1.29, 1.82) is 0 Å². The van der Waals surface area contributed by atoms with Gasteiger partial charge in [0.05, 0.1) is 17.3 Å². The minimum absolute atomic E-state index is 0.710. The number of fused-ring (bicyclic) bond motifs is 1. The molecule has 2 aromatic heterocycles. The highest BCUT2D eigenvalue weighted by Gasteiger charge is 2.12. The normalized spacial score (nSPS) is 11.0. The Balaban J connectivity index is 1.70. The van der Waals surface area contributed by atoms with E-state index in [1.165, 1.54) is 16.7 Å². The Labute approximate surface area is 146 Å². The molecule has 0 amide bonds. The van der Waals surface area contributed by atoms with Gasteiger partial charge in [-0.1, -0.05) is 48.0 Å². The van der Waals surface area contributed by atoms with Crippen molar-refractivity contribution in [3.05, 3.63) is 77.7 Å². The third-order valence-corrected chi connectivity index (χ3v) is 4.25. The van der Waals surface area contributed by atoms with Crippen molar-refractivity contribution in [3.63, 3.8) is 0 Å². The standard InChI is InChI=1S/C20H19N5/c1-14-8-9-18(15(2)10-14)25-20-17(12-24-25)19(22-13-23-20)21-11-16-6-4-3-5-7-16/h3-10,12-13H,11H2,1-2H3,(H,21,22,23). The zero-order valence-electron chi connectivity index (χ0n) is 14.3. The maximum atomic E-state index is 4.55. The summed E-state index contributed by atoms with van der Waals surface area (Å²) in [4.78, 5) is 8.84. The van der Waals surface area contributed by atoms with Crippen molar-refractivity contribution in [2.24, 2.45) is 0 Å².